The molecular weight excluding hydrogens is 270 g/mol. The van der Waals surface area contributed by atoms with Crippen LogP contribution in [0.4, 0.5) is 0 Å². The minimum absolute atomic E-state index is 0.723. The van der Waals surface area contributed by atoms with Crippen molar-refractivity contribution in [3.8, 4) is 11.3 Å². The van der Waals surface area contributed by atoms with E-state index in [0.717, 1.165) is 52.6 Å². The molecule has 3 nitrogen and oxygen atoms in total. The summed E-state index contributed by atoms with van der Waals surface area (Å²) >= 11 is 6.47. The average Bonchev–Trinajstić information content (AvgIpc) is 3.06. The highest BCUT2D eigenvalue weighted by atomic mass is 35.5. The first-order valence-corrected chi connectivity index (χ1v) is 7.24. The van der Waals surface area contributed by atoms with Crippen LogP contribution in [0.5, 0.6) is 0 Å². The maximum atomic E-state index is 6.47. The standard InChI is InChI=1S/C16H14ClN3/c1-10-5-7-11(8-6-10)14-9-15-18-13-4-2-3-12(13)16(17)20(15)19-14/h5-9H,2-4H2,1H3. The SMILES string of the molecule is Cc1ccc(-c2cc3nc4c(c(Cl)n3n2)CCC4)cc1. The van der Waals surface area contributed by atoms with Crippen LogP contribution in [0.2, 0.25) is 5.15 Å². The Bertz CT molecular complexity index is 803. The molecule has 2 heterocycles. The van der Waals surface area contributed by atoms with Gasteiger partial charge in [-0.05, 0) is 26.2 Å². The van der Waals surface area contributed by atoms with Gasteiger partial charge < -0.3 is 0 Å². The predicted octanol–water partition coefficient (Wildman–Crippen LogP) is 3.85. The van der Waals surface area contributed by atoms with E-state index in [1.54, 1.807) is 4.52 Å². The Morgan fingerprint density at radius 2 is 1.95 bits per heavy atom. The van der Waals surface area contributed by atoms with Gasteiger partial charge in [0.15, 0.2) is 5.65 Å². The van der Waals surface area contributed by atoms with Gasteiger partial charge in [0.25, 0.3) is 0 Å². The second-order valence-corrected chi connectivity index (χ2v) is 5.71. The van der Waals surface area contributed by atoms with Gasteiger partial charge in [-0.25, -0.2) is 9.50 Å². The minimum Gasteiger partial charge on any atom is -0.233 e. The van der Waals surface area contributed by atoms with Gasteiger partial charge in [-0.15, -0.1) is 0 Å². The Labute approximate surface area is 122 Å². The smallest absolute Gasteiger partial charge is 0.157 e. The van der Waals surface area contributed by atoms with Crippen molar-refractivity contribution in [1.82, 2.24) is 14.6 Å². The van der Waals surface area contributed by atoms with Crippen LogP contribution in [0, 0.1) is 6.92 Å². The number of aromatic nitrogens is 3. The number of hydrogen-bond acceptors (Lipinski definition) is 2. The van der Waals surface area contributed by atoms with Gasteiger partial charge >= 0.3 is 0 Å². The molecule has 4 heteroatoms. The molecule has 0 fully saturated rings. The van der Waals surface area contributed by atoms with Crippen LogP contribution in [-0.2, 0) is 12.8 Å². The molecule has 100 valence electrons. The predicted molar refractivity (Wildman–Crippen MR) is 80.2 cm³/mol. The lowest BCUT2D eigenvalue weighted by molar-refractivity contribution is 0.901. The fourth-order valence-electron chi connectivity index (χ4n) is 2.80. The zero-order valence-corrected chi connectivity index (χ0v) is 12.0. The fraction of sp³-hybridized carbons (Fsp3) is 0.250. The van der Waals surface area contributed by atoms with E-state index >= 15 is 0 Å². The topological polar surface area (TPSA) is 30.2 Å². The Kier molecular flexibility index (Phi) is 2.57. The molecule has 1 aliphatic rings. The van der Waals surface area contributed by atoms with E-state index in [2.05, 4.69) is 36.3 Å². The van der Waals surface area contributed by atoms with Crippen molar-refractivity contribution in [2.75, 3.05) is 0 Å². The summed E-state index contributed by atoms with van der Waals surface area (Å²) in [5, 5.41) is 5.33. The number of fused-ring (bicyclic) bond motifs is 2. The van der Waals surface area contributed by atoms with E-state index in [-0.39, 0.29) is 0 Å². The van der Waals surface area contributed by atoms with Gasteiger partial charge in [0.1, 0.15) is 5.15 Å². The van der Waals surface area contributed by atoms with Crippen molar-refractivity contribution in [2.45, 2.75) is 26.2 Å². The van der Waals surface area contributed by atoms with E-state index in [4.69, 9.17) is 16.6 Å². The summed E-state index contributed by atoms with van der Waals surface area (Å²) in [7, 11) is 0. The van der Waals surface area contributed by atoms with Gasteiger partial charge in [0.05, 0.1) is 5.69 Å². The zero-order chi connectivity index (χ0) is 13.7. The third-order valence-corrected chi connectivity index (χ3v) is 4.30. The molecule has 0 saturated heterocycles. The van der Waals surface area contributed by atoms with Crippen LogP contribution in [0.1, 0.15) is 23.2 Å². The lowest BCUT2D eigenvalue weighted by Gasteiger charge is -2.03. The maximum Gasteiger partial charge on any atom is 0.157 e. The first-order valence-electron chi connectivity index (χ1n) is 6.86. The summed E-state index contributed by atoms with van der Waals surface area (Å²) in [5.41, 5.74) is 6.40. The fourth-order valence-corrected chi connectivity index (χ4v) is 3.13. The van der Waals surface area contributed by atoms with E-state index in [9.17, 15) is 0 Å². The molecule has 0 spiro atoms. The van der Waals surface area contributed by atoms with Gasteiger partial charge in [-0.1, -0.05) is 41.4 Å². The molecule has 2 aromatic heterocycles. The first-order chi connectivity index (χ1) is 9.72. The molecule has 0 N–H and O–H groups in total. The zero-order valence-electron chi connectivity index (χ0n) is 11.2. The normalized spacial score (nSPS) is 13.9. The summed E-state index contributed by atoms with van der Waals surface area (Å²) in [6.45, 7) is 2.08. The highest BCUT2D eigenvalue weighted by molar-refractivity contribution is 6.30. The summed E-state index contributed by atoms with van der Waals surface area (Å²) in [5.74, 6) is 0. The van der Waals surface area contributed by atoms with Crippen molar-refractivity contribution in [3.05, 3.63) is 52.3 Å². The second kappa shape index (κ2) is 4.32. The Morgan fingerprint density at radius 3 is 2.75 bits per heavy atom. The molecule has 1 aliphatic carbocycles. The highest BCUT2D eigenvalue weighted by Gasteiger charge is 2.20. The van der Waals surface area contributed by atoms with Gasteiger partial charge in [0, 0.05) is 22.9 Å². The molecule has 0 amide bonds. The van der Waals surface area contributed by atoms with Crippen LogP contribution in [0.3, 0.4) is 0 Å². The first kappa shape index (κ1) is 11.9. The largest absolute Gasteiger partial charge is 0.233 e. The summed E-state index contributed by atoms with van der Waals surface area (Å²) in [6, 6.07) is 10.4. The molecule has 20 heavy (non-hydrogen) atoms. The third-order valence-electron chi connectivity index (χ3n) is 3.91. The highest BCUT2D eigenvalue weighted by Crippen LogP contribution is 2.30. The molecule has 0 bridgehead atoms. The van der Waals surface area contributed by atoms with Gasteiger partial charge in [-0.2, -0.15) is 5.10 Å². The number of hydrogen-bond donors (Lipinski definition) is 0. The van der Waals surface area contributed by atoms with Crippen molar-refractivity contribution in [3.63, 3.8) is 0 Å². The molecule has 1 aromatic carbocycles. The number of aryl methyl sites for hydroxylation is 2. The molecule has 0 radical (unpaired) electrons. The lowest BCUT2D eigenvalue weighted by Crippen LogP contribution is -1.99. The summed E-state index contributed by atoms with van der Waals surface area (Å²) < 4.78 is 1.76. The van der Waals surface area contributed by atoms with Crippen LogP contribution in [0.25, 0.3) is 16.9 Å². The van der Waals surface area contributed by atoms with Crippen molar-refractivity contribution >= 4 is 17.2 Å². The van der Waals surface area contributed by atoms with Crippen molar-refractivity contribution < 1.29 is 0 Å². The number of benzene rings is 1. The maximum absolute atomic E-state index is 6.47. The molecule has 0 saturated carbocycles. The minimum atomic E-state index is 0.723. The number of nitrogens with zero attached hydrogens (tertiary/aromatic N) is 3. The van der Waals surface area contributed by atoms with E-state index in [1.807, 2.05) is 6.07 Å². The van der Waals surface area contributed by atoms with E-state index in [1.165, 1.54) is 5.56 Å². The second-order valence-electron chi connectivity index (χ2n) is 5.35. The molecule has 0 atom stereocenters. The van der Waals surface area contributed by atoms with Gasteiger partial charge in [0.2, 0.25) is 0 Å². The number of halogens is 1. The molecule has 0 unspecified atom stereocenters. The molecule has 3 aromatic rings. The Morgan fingerprint density at radius 1 is 1.15 bits per heavy atom. The van der Waals surface area contributed by atoms with Crippen molar-refractivity contribution in [2.24, 2.45) is 0 Å². The summed E-state index contributed by atoms with van der Waals surface area (Å²) in [4.78, 5) is 4.70. The molecule has 4 rings (SSSR count). The monoisotopic (exact) mass is 283 g/mol. The summed E-state index contributed by atoms with van der Waals surface area (Å²) in [6.07, 6.45) is 3.17. The van der Waals surface area contributed by atoms with Crippen molar-refractivity contribution in [1.29, 1.82) is 0 Å². The van der Waals surface area contributed by atoms with Crippen LogP contribution < -0.4 is 0 Å². The quantitative estimate of drug-likeness (QED) is 0.635. The third kappa shape index (κ3) is 1.74. The van der Waals surface area contributed by atoms with Crippen LogP contribution in [0.15, 0.2) is 30.3 Å². The van der Waals surface area contributed by atoms with Crippen LogP contribution in [-0.4, -0.2) is 14.6 Å². The molecular formula is C16H14ClN3. The van der Waals surface area contributed by atoms with Gasteiger partial charge in [-0.3, -0.25) is 0 Å². The number of rotatable bonds is 1. The lowest BCUT2D eigenvalue weighted by atomic mass is 10.1. The average molecular weight is 284 g/mol. The van der Waals surface area contributed by atoms with E-state index < -0.39 is 0 Å². The Balaban J connectivity index is 1.91. The molecule has 0 aliphatic heterocycles. The van der Waals surface area contributed by atoms with Crippen LogP contribution >= 0.6 is 11.6 Å². The Hall–Kier alpha value is -1.87. The van der Waals surface area contributed by atoms with E-state index in [0.29, 0.717) is 0 Å².